The number of hydrogen-bond acceptors (Lipinski definition) is 4. The standard InChI is InChI=1S/C16H16FN3O/c1-2-10-6-7-11(8-10)15-19-16(21-20-15)12-4-3-5-14(17)13(12)9-18/h3-5,10-11H,2,6-8H2,1H3. The van der Waals surface area contributed by atoms with Gasteiger partial charge in [0.15, 0.2) is 5.82 Å². The minimum absolute atomic E-state index is 0.0504. The molecular weight excluding hydrogens is 269 g/mol. The molecule has 0 N–H and O–H groups in total. The highest BCUT2D eigenvalue weighted by atomic mass is 19.1. The zero-order valence-corrected chi connectivity index (χ0v) is 11.8. The lowest BCUT2D eigenvalue weighted by molar-refractivity contribution is 0.413. The highest BCUT2D eigenvalue weighted by Crippen LogP contribution is 2.39. The predicted molar refractivity (Wildman–Crippen MR) is 74.8 cm³/mol. The maximum Gasteiger partial charge on any atom is 0.259 e. The van der Waals surface area contributed by atoms with Crippen LogP contribution >= 0.6 is 0 Å². The molecule has 1 fully saturated rings. The van der Waals surface area contributed by atoms with Gasteiger partial charge in [-0.1, -0.05) is 24.6 Å². The van der Waals surface area contributed by atoms with Gasteiger partial charge in [0.05, 0.1) is 5.56 Å². The Labute approximate surface area is 122 Å². The van der Waals surface area contributed by atoms with Crippen LogP contribution in [-0.4, -0.2) is 10.1 Å². The van der Waals surface area contributed by atoms with Gasteiger partial charge in [0.25, 0.3) is 5.89 Å². The largest absolute Gasteiger partial charge is 0.334 e. The summed E-state index contributed by atoms with van der Waals surface area (Å²) in [5.74, 6) is 1.36. The molecule has 1 aliphatic carbocycles. The van der Waals surface area contributed by atoms with E-state index < -0.39 is 5.82 Å². The summed E-state index contributed by atoms with van der Waals surface area (Å²) >= 11 is 0. The van der Waals surface area contributed by atoms with E-state index in [1.165, 1.54) is 25.0 Å². The van der Waals surface area contributed by atoms with Gasteiger partial charge in [-0.3, -0.25) is 0 Å². The van der Waals surface area contributed by atoms with Crippen molar-refractivity contribution in [1.82, 2.24) is 10.1 Å². The van der Waals surface area contributed by atoms with Crippen LogP contribution in [0.4, 0.5) is 4.39 Å². The third kappa shape index (κ3) is 2.54. The van der Waals surface area contributed by atoms with Crippen molar-refractivity contribution in [3.8, 4) is 17.5 Å². The summed E-state index contributed by atoms with van der Waals surface area (Å²) in [6, 6.07) is 6.27. The summed E-state index contributed by atoms with van der Waals surface area (Å²) in [5, 5.41) is 13.1. The van der Waals surface area contributed by atoms with Crippen LogP contribution < -0.4 is 0 Å². The Bertz CT molecular complexity index is 689. The molecule has 2 unspecified atom stereocenters. The minimum atomic E-state index is -0.568. The van der Waals surface area contributed by atoms with Crippen molar-refractivity contribution in [1.29, 1.82) is 5.26 Å². The van der Waals surface area contributed by atoms with Crippen molar-refractivity contribution in [2.75, 3.05) is 0 Å². The summed E-state index contributed by atoms with van der Waals surface area (Å²) in [7, 11) is 0. The Kier molecular flexibility index (Phi) is 3.70. The first kappa shape index (κ1) is 13.7. The van der Waals surface area contributed by atoms with E-state index in [1.54, 1.807) is 6.07 Å². The van der Waals surface area contributed by atoms with E-state index in [1.807, 2.05) is 6.07 Å². The molecule has 2 aromatic rings. The molecule has 5 heteroatoms. The number of rotatable bonds is 3. The van der Waals surface area contributed by atoms with Crippen molar-refractivity contribution >= 4 is 0 Å². The van der Waals surface area contributed by atoms with Gasteiger partial charge in [-0.15, -0.1) is 0 Å². The van der Waals surface area contributed by atoms with E-state index in [0.717, 1.165) is 18.8 Å². The smallest absolute Gasteiger partial charge is 0.259 e. The first-order chi connectivity index (χ1) is 10.2. The van der Waals surface area contributed by atoms with Crippen molar-refractivity contribution in [2.45, 2.75) is 38.5 Å². The molecule has 1 heterocycles. The minimum Gasteiger partial charge on any atom is -0.334 e. The van der Waals surface area contributed by atoms with Gasteiger partial charge in [-0.05, 0) is 37.3 Å². The molecule has 0 aliphatic heterocycles. The SMILES string of the molecule is CCC1CCC(c2noc(-c3cccc(F)c3C#N)n2)C1. The number of nitrogens with zero attached hydrogens (tertiary/aromatic N) is 3. The average Bonchev–Trinajstić information content (AvgIpc) is 3.15. The second-order valence-electron chi connectivity index (χ2n) is 5.52. The lowest BCUT2D eigenvalue weighted by Crippen LogP contribution is -1.97. The molecule has 0 radical (unpaired) electrons. The maximum atomic E-state index is 13.6. The van der Waals surface area contributed by atoms with Gasteiger partial charge in [0, 0.05) is 5.92 Å². The molecule has 1 saturated carbocycles. The van der Waals surface area contributed by atoms with E-state index in [4.69, 9.17) is 9.78 Å². The Balaban J connectivity index is 1.90. The van der Waals surface area contributed by atoms with Gasteiger partial charge in [0.1, 0.15) is 17.4 Å². The van der Waals surface area contributed by atoms with Gasteiger partial charge in [0.2, 0.25) is 0 Å². The van der Waals surface area contributed by atoms with Gasteiger partial charge < -0.3 is 4.52 Å². The number of hydrogen-bond donors (Lipinski definition) is 0. The molecule has 0 spiro atoms. The second kappa shape index (κ2) is 5.65. The van der Waals surface area contributed by atoms with E-state index in [0.29, 0.717) is 17.3 Å². The molecule has 0 amide bonds. The van der Waals surface area contributed by atoms with Crippen LogP contribution in [0, 0.1) is 23.1 Å². The van der Waals surface area contributed by atoms with Crippen molar-refractivity contribution in [3.63, 3.8) is 0 Å². The van der Waals surface area contributed by atoms with Gasteiger partial charge in [-0.25, -0.2) is 4.39 Å². The van der Waals surface area contributed by atoms with Crippen LogP contribution in [0.2, 0.25) is 0 Å². The van der Waals surface area contributed by atoms with Crippen LogP contribution in [-0.2, 0) is 0 Å². The van der Waals surface area contributed by atoms with Crippen LogP contribution in [0.5, 0.6) is 0 Å². The molecule has 108 valence electrons. The van der Waals surface area contributed by atoms with Crippen LogP contribution in [0.15, 0.2) is 22.7 Å². The van der Waals surface area contributed by atoms with E-state index in [2.05, 4.69) is 17.1 Å². The lowest BCUT2D eigenvalue weighted by atomic mass is 10.0. The predicted octanol–water partition coefficient (Wildman–Crippen LogP) is 4.04. The monoisotopic (exact) mass is 285 g/mol. The molecule has 21 heavy (non-hydrogen) atoms. The topological polar surface area (TPSA) is 62.7 Å². The molecule has 2 atom stereocenters. The van der Waals surface area contributed by atoms with Crippen molar-refractivity contribution in [2.24, 2.45) is 5.92 Å². The summed E-state index contributed by atoms with van der Waals surface area (Å²) in [6.07, 6.45) is 4.49. The van der Waals surface area contributed by atoms with Crippen LogP contribution in [0.1, 0.15) is 49.9 Å². The normalized spacial score (nSPS) is 21.4. The number of nitriles is 1. The Hall–Kier alpha value is -2.22. The molecule has 3 rings (SSSR count). The van der Waals surface area contributed by atoms with Crippen molar-refractivity contribution in [3.05, 3.63) is 35.4 Å². The maximum absolute atomic E-state index is 13.6. The zero-order chi connectivity index (χ0) is 14.8. The number of aromatic nitrogens is 2. The Morgan fingerprint density at radius 2 is 2.29 bits per heavy atom. The molecule has 1 aromatic carbocycles. The van der Waals surface area contributed by atoms with E-state index in [-0.39, 0.29) is 11.5 Å². The summed E-state index contributed by atoms with van der Waals surface area (Å²) < 4.78 is 18.9. The molecule has 1 aromatic heterocycles. The first-order valence-corrected chi connectivity index (χ1v) is 7.25. The fourth-order valence-electron chi connectivity index (χ4n) is 3.01. The molecule has 4 nitrogen and oxygen atoms in total. The highest BCUT2D eigenvalue weighted by molar-refractivity contribution is 5.63. The number of halogens is 1. The first-order valence-electron chi connectivity index (χ1n) is 7.25. The third-order valence-electron chi connectivity index (χ3n) is 4.28. The fourth-order valence-corrected chi connectivity index (χ4v) is 3.01. The van der Waals surface area contributed by atoms with E-state index >= 15 is 0 Å². The second-order valence-corrected chi connectivity index (χ2v) is 5.52. The van der Waals surface area contributed by atoms with Crippen molar-refractivity contribution < 1.29 is 8.91 Å². The highest BCUT2D eigenvalue weighted by Gasteiger charge is 2.28. The van der Waals surface area contributed by atoms with E-state index in [9.17, 15) is 4.39 Å². The third-order valence-corrected chi connectivity index (χ3v) is 4.28. The van der Waals surface area contributed by atoms with Crippen LogP contribution in [0.3, 0.4) is 0 Å². The molecule has 0 bridgehead atoms. The average molecular weight is 285 g/mol. The summed E-state index contributed by atoms with van der Waals surface area (Å²) in [4.78, 5) is 4.39. The quantitative estimate of drug-likeness (QED) is 0.853. The number of benzene rings is 1. The molecule has 0 saturated heterocycles. The summed E-state index contributed by atoms with van der Waals surface area (Å²) in [5.41, 5.74) is 0.312. The Morgan fingerprint density at radius 1 is 1.43 bits per heavy atom. The van der Waals surface area contributed by atoms with Gasteiger partial charge in [-0.2, -0.15) is 10.2 Å². The molecular formula is C16H16FN3O. The fraction of sp³-hybridized carbons (Fsp3) is 0.438. The Morgan fingerprint density at radius 3 is 3.00 bits per heavy atom. The summed E-state index contributed by atoms with van der Waals surface area (Å²) in [6.45, 7) is 2.20. The molecule has 1 aliphatic rings. The lowest BCUT2D eigenvalue weighted by Gasteiger charge is -2.04. The van der Waals surface area contributed by atoms with Crippen LogP contribution in [0.25, 0.3) is 11.5 Å². The zero-order valence-electron chi connectivity index (χ0n) is 11.8. The van der Waals surface area contributed by atoms with Gasteiger partial charge >= 0.3 is 0 Å².